The molecule has 2 atom stereocenters. The number of β-lactam (4-membered cyclic amide) rings is 1. The molecule has 2 unspecified atom stereocenters. The van der Waals surface area contributed by atoms with Crippen molar-refractivity contribution in [2.45, 2.75) is 17.1 Å². The lowest BCUT2D eigenvalue weighted by molar-refractivity contribution is -0.708. The van der Waals surface area contributed by atoms with Gasteiger partial charge in [0.2, 0.25) is 5.03 Å². The third-order valence-electron chi connectivity index (χ3n) is 5.53. The number of hydrogen-bond donors (Lipinski definition) is 4. The molecular formula is C21H22N7O6S3+. The molecule has 2 aliphatic rings. The van der Waals surface area contributed by atoms with Gasteiger partial charge in [0, 0.05) is 27.9 Å². The van der Waals surface area contributed by atoms with E-state index >= 15 is 0 Å². The van der Waals surface area contributed by atoms with Crippen molar-refractivity contribution in [1.29, 1.82) is 0 Å². The largest absolute Gasteiger partial charge is 0.477 e. The number of aliphatic carboxylic acids is 1. The number of thioether (sulfide) groups is 2. The number of amides is 3. The molecule has 194 valence electrons. The average Bonchev–Trinajstić information content (AvgIpc) is 3.29. The molecule has 1 fully saturated rings. The standard InChI is InChI=1S/C21H21N7O6S3/c1-27-5-9(17(22)29)3-4-13(27)36-8-12-16(20(32)33)28-11(7-35-12)15(19(28)31)25-18(30)14(26-34-2)10-6-37-21(23)24-10/h3-6,11,15H,7-8H2,1-2H3,(H5-,22,23,24,25,29,30,32,33)/p+1. The lowest BCUT2D eigenvalue weighted by Crippen LogP contribution is -2.73. The Morgan fingerprint density at radius 2 is 2.16 bits per heavy atom. The van der Waals surface area contributed by atoms with Crippen LogP contribution in [-0.4, -0.2) is 75.1 Å². The fourth-order valence-corrected chi connectivity index (χ4v) is 6.73. The molecule has 0 saturated carbocycles. The highest BCUT2D eigenvalue weighted by Crippen LogP contribution is 2.40. The maximum Gasteiger partial charge on any atom is 0.353 e. The number of pyridine rings is 1. The molecule has 0 aliphatic carbocycles. The molecular weight excluding hydrogens is 542 g/mol. The smallest absolute Gasteiger partial charge is 0.353 e. The van der Waals surface area contributed by atoms with Crippen LogP contribution in [0.25, 0.3) is 0 Å². The Kier molecular flexibility index (Phi) is 7.70. The number of carbonyl (C=O) groups is 4. The first-order valence-corrected chi connectivity index (χ1v) is 13.5. The number of anilines is 1. The number of nitrogens with zero attached hydrogens (tertiary/aromatic N) is 4. The van der Waals surface area contributed by atoms with Crippen LogP contribution < -0.4 is 21.4 Å². The Balaban J connectivity index is 1.49. The average molecular weight is 565 g/mol. The van der Waals surface area contributed by atoms with Gasteiger partial charge in [0.05, 0.1) is 6.04 Å². The summed E-state index contributed by atoms with van der Waals surface area (Å²) in [5.41, 5.74) is 11.2. The molecule has 16 heteroatoms. The number of hydrogen-bond acceptors (Lipinski definition) is 11. The molecule has 4 rings (SSSR count). The van der Waals surface area contributed by atoms with Gasteiger partial charge in [-0.25, -0.2) is 9.78 Å². The van der Waals surface area contributed by atoms with Crippen LogP contribution in [0, 0.1) is 0 Å². The first-order valence-electron chi connectivity index (χ1n) is 10.6. The van der Waals surface area contributed by atoms with Crippen molar-refractivity contribution >= 4 is 69.4 Å². The molecule has 1 saturated heterocycles. The van der Waals surface area contributed by atoms with Gasteiger partial charge >= 0.3 is 5.97 Å². The molecule has 2 aromatic heterocycles. The summed E-state index contributed by atoms with van der Waals surface area (Å²) in [5.74, 6) is -2.34. The molecule has 0 radical (unpaired) electrons. The molecule has 4 heterocycles. The second-order valence-corrected chi connectivity index (χ2v) is 10.8. The molecule has 0 aromatic carbocycles. The Morgan fingerprint density at radius 1 is 1.41 bits per heavy atom. The minimum Gasteiger partial charge on any atom is -0.477 e. The van der Waals surface area contributed by atoms with Crippen LogP contribution >= 0.6 is 34.9 Å². The highest BCUT2D eigenvalue weighted by molar-refractivity contribution is 8.06. The van der Waals surface area contributed by atoms with E-state index in [9.17, 15) is 24.3 Å². The Bertz CT molecular complexity index is 1360. The predicted molar refractivity (Wildman–Crippen MR) is 137 cm³/mol. The van der Waals surface area contributed by atoms with Crippen LogP contribution in [0.1, 0.15) is 16.1 Å². The van der Waals surface area contributed by atoms with Crippen molar-refractivity contribution in [3.8, 4) is 0 Å². The van der Waals surface area contributed by atoms with Crippen LogP contribution in [0.15, 0.2) is 44.5 Å². The summed E-state index contributed by atoms with van der Waals surface area (Å²) in [6.45, 7) is 0. The number of oxime groups is 1. The number of nitrogen functional groups attached to an aromatic ring is 1. The normalized spacial score (nSPS) is 19.2. The predicted octanol–water partition coefficient (Wildman–Crippen LogP) is -0.470. The zero-order valence-corrected chi connectivity index (χ0v) is 22.0. The first-order chi connectivity index (χ1) is 17.6. The number of primary amides is 1. The van der Waals surface area contributed by atoms with Gasteiger partial charge in [0.15, 0.2) is 17.0 Å². The van der Waals surface area contributed by atoms with E-state index in [0.717, 1.165) is 16.4 Å². The van der Waals surface area contributed by atoms with E-state index in [-0.39, 0.29) is 22.2 Å². The third-order valence-corrected chi connectivity index (χ3v) is 8.73. The Labute approximate surface area is 222 Å². The van der Waals surface area contributed by atoms with Gasteiger partial charge in [-0.3, -0.25) is 19.3 Å². The van der Waals surface area contributed by atoms with Gasteiger partial charge in [-0.1, -0.05) is 16.9 Å². The van der Waals surface area contributed by atoms with Crippen LogP contribution in [0.3, 0.4) is 0 Å². The summed E-state index contributed by atoms with van der Waals surface area (Å²) in [4.78, 5) is 59.9. The lowest BCUT2D eigenvalue weighted by Gasteiger charge is -2.49. The zero-order chi connectivity index (χ0) is 26.9. The van der Waals surface area contributed by atoms with Gasteiger partial charge in [-0.2, -0.15) is 4.57 Å². The SMILES string of the molecule is CON=C(C(=O)NC1C(=O)N2C(C(=O)O)=C(CSc3ccc(C(N)=O)c[n+]3C)SCC12)c1csc(N)n1. The topological polar surface area (TPSA) is 194 Å². The van der Waals surface area contributed by atoms with Crippen molar-refractivity contribution in [3.05, 3.63) is 45.6 Å². The Hall–Kier alpha value is -3.63. The minimum absolute atomic E-state index is 0.112. The van der Waals surface area contributed by atoms with E-state index in [1.54, 1.807) is 29.9 Å². The van der Waals surface area contributed by atoms with Crippen molar-refractivity contribution < 1.29 is 33.7 Å². The third kappa shape index (κ3) is 5.26. The van der Waals surface area contributed by atoms with Crippen LogP contribution in [-0.2, 0) is 26.3 Å². The summed E-state index contributed by atoms with van der Waals surface area (Å²) < 4.78 is 1.72. The van der Waals surface area contributed by atoms with Crippen molar-refractivity contribution in [2.75, 3.05) is 24.3 Å². The summed E-state index contributed by atoms with van der Waals surface area (Å²) in [6.07, 6.45) is 1.59. The number of thiazole rings is 1. The summed E-state index contributed by atoms with van der Waals surface area (Å²) >= 11 is 3.79. The number of nitrogens with two attached hydrogens (primary N) is 2. The molecule has 0 spiro atoms. The van der Waals surface area contributed by atoms with E-state index in [0.29, 0.717) is 22.0 Å². The monoisotopic (exact) mass is 564 g/mol. The molecule has 2 aliphatic heterocycles. The van der Waals surface area contributed by atoms with Gasteiger partial charge in [0.25, 0.3) is 17.7 Å². The van der Waals surface area contributed by atoms with Crippen LogP contribution in [0.2, 0.25) is 0 Å². The maximum absolute atomic E-state index is 13.0. The second-order valence-electron chi connectivity index (χ2n) is 7.83. The zero-order valence-electron chi connectivity index (χ0n) is 19.5. The van der Waals surface area contributed by atoms with E-state index < -0.39 is 35.8 Å². The number of aromatic nitrogens is 2. The van der Waals surface area contributed by atoms with E-state index in [1.165, 1.54) is 40.9 Å². The molecule has 0 bridgehead atoms. The number of rotatable bonds is 9. The van der Waals surface area contributed by atoms with Crippen LogP contribution in [0.5, 0.6) is 0 Å². The van der Waals surface area contributed by atoms with Gasteiger partial charge in [-0.15, -0.1) is 23.1 Å². The lowest BCUT2D eigenvalue weighted by atomic mass is 9.94. The Morgan fingerprint density at radius 3 is 2.76 bits per heavy atom. The van der Waals surface area contributed by atoms with Crippen molar-refractivity contribution in [2.24, 2.45) is 17.9 Å². The number of aryl methyl sites for hydroxylation is 1. The summed E-state index contributed by atoms with van der Waals surface area (Å²) in [5, 5.41) is 18.8. The van der Waals surface area contributed by atoms with E-state index in [2.05, 4.69) is 15.5 Å². The number of carbonyl (C=O) groups excluding carboxylic acids is 3. The number of nitrogens with one attached hydrogen (secondary N) is 1. The molecule has 13 nitrogen and oxygen atoms in total. The van der Waals surface area contributed by atoms with Gasteiger partial charge < -0.3 is 26.7 Å². The highest BCUT2D eigenvalue weighted by atomic mass is 32.2. The molecule has 37 heavy (non-hydrogen) atoms. The minimum atomic E-state index is -1.24. The fourth-order valence-electron chi connectivity index (χ4n) is 3.80. The molecule has 6 N–H and O–H groups in total. The number of carboxylic acid groups (broad SMARTS) is 1. The molecule has 2 aromatic rings. The summed E-state index contributed by atoms with van der Waals surface area (Å²) in [6, 6.07) is 1.84. The summed E-state index contributed by atoms with van der Waals surface area (Å²) in [7, 11) is 3.02. The van der Waals surface area contributed by atoms with Crippen molar-refractivity contribution in [3.63, 3.8) is 0 Å². The number of carboxylic acids is 1. The van der Waals surface area contributed by atoms with E-state index in [1.807, 2.05) is 0 Å². The first kappa shape index (κ1) is 26.4. The number of fused-ring (bicyclic) bond motifs is 1. The van der Waals surface area contributed by atoms with Crippen LogP contribution in [0.4, 0.5) is 5.13 Å². The fraction of sp³-hybridized carbons (Fsp3) is 0.286. The van der Waals surface area contributed by atoms with Gasteiger partial charge in [-0.05, 0) is 6.07 Å². The quantitative estimate of drug-likeness (QED) is 0.102. The van der Waals surface area contributed by atoms with Crippen molar-refractivity contribution in [1.82, 2.24) is 15.2 Å². The maximum atomic E-state index is 13.0. The second kappa shape index (κ2) is 10.8. The van der Waals surface area contributed by atoms with Gasteiger partial charge in [0.1, 0.15) is 37.2 Å². The highest BCUT2D eigenvalue weighted by Gasteiger charge is 2.54. The van der Waals surface area contributed by atoms with E-state index in [4.69, 9.17) is 16.3 Å². The molecule has 3 amide bonds.